The largest absolute Gasteiger partial charge is 0.444 e. The van der Waals surface area contributed by atoms with Crippen molar-refractivity contribution >= 4 is 34.3 Å². The molecule has 3 rings (SSSR count). The summed E-state index contributed by atoms with van der Waals surface area (Å²) in [5.41, 5.74) is 2.12. The van der Waals surface area contributed by atoms with Crippen LogP contribution in [-0.2, 0) is 11.8 Å². The summed E-state index contributed by atoms with van der Waals surface area (Å²) in [7, 11) is 1.96. The Morgan fingerprint density at radius 2 is 1.74 bits per heavy atom. The maximum absolute atomic E-state index is 12.7. The first-order valence-corrected chi connectivity index (χ1v) is 8.68. The number of aryl methyl sites for hydroxylation is 1. The van der Waals surface area contributed by atoms with Crippen molar-refractivity contribution in [1.82, 2.24) is 4.57 Å². The van der Waals surface area contributed by atoms with Crippen LogP contribution >= 0.6 is 0 Å². The number of rotatable bonds is 3. The molecule has 0 atom stereocenters. The minimum absolute atomic E-state index is 0.251. The second-order valence-corrected chi connectivity index (χ2v) is 7.33. The molecule has 0 spiro atoms. The average Bonchev–Trinajstić information content (AvgIpc) is 2.96. The van der Waals surface area contributed by atoms with E-state index in [-0.39, 0.29) is 5.91 Å². The summed E-state index contributed by atoms with van der Waals surface area (Å²) in [4.78, 5) is 24.6. The number of benzene rings is 2. The van der Waals surface area contributed by atoms with Gasteiger partial charge in [0.15, 0.2) is 0 Å². The molecule has 0 saturated heterocycles. The predicted molar refractivity (Wildman–Crippen MR) is 107 cm³/mol. The molecule has 2 aromatic carbocycles. The lowest BCUT2D eigenvalue weighted by Crippen LogP contribution is -2.27. The molecular weight excluding hydrogens is 342 g/mol. The number of hydrogen-bond acceptors (Lipinski definition) is 3. The average molecular weight is 365 g/mol. The number of carbonyl (C=O) groups excluding carboxylic acids is 2. The monoisotopic (exact) mass is 365 g/mol. The topological polar surface area (TPSA) is 72.4 Å². The molecule has 0 aliphatic rings. The SMILES string of the molecule is Cn1ccc2c(NC(=O)c3cccc(NC(=O)OC(C)(C)C)c3)cccc21. The third-order valence-electron chi connectivity index (χ3n) is 3.95. The van der Waals surface area contributed by atoms with Gasteiger partial charge < -0.3 is 14.6 Å². The molecule has 27 heavy (non-hydrogen) atoms. The Morgan fingerprint density at radius 1 is 1.00 bits per heavy atom. The number of hydrogen-bond donors (Lipinski definition) is 2. The molecular formula is C21H23N3O3. The molecule has 0 radical (unpaired) electrons. The van der Waals surface area contributed by atoms with Crippen molar-refractivity contribution in [1.29, 1.82) is 0 Å². The summed E-state index contributed by atoms with van der Waals surface area (Å²) >= 11 is 0. The maximum Gasteiger partial charge on any atom is 0.412 e. The molecule has 0 fully saturated rings. The van der Waals surface area contributed by atoms with E-state index in [2.05, 4.69) is 10.6 Å². The molecule has 3 aromatic rings. The van der Waals surface area contributed by atoms with E-state index in [0.29, 0.717) is 11.3 Å². The van der Waals surface area contributed by atoms with Crippen LogP contribution in [0.3, 0.4) is 0 Å². The minimum atomic E-state index is -0.590. The van der Waals surface area contributed by atoms with Gasteiger partial charge in [0.1, 0.15) is 5.60 Å². The smallest absolute Gasteiger partial charge is 0.412 e. The number of amides is 2. The van der Waals surface area contributed by atoms with Crippen LogP contribution in [0.4, 0.5) is 16.2 Å². The fourth-order valence-corrected chi connectivity index (χ4v) is 2.77. The standard InChI is InChI=1S/C21H23N3O3/c1-21(2,3)27-20(26)22-15-8-5-7-14(13-15)19(25)23-17-9-6-10-18-16(17)11-12-24(18)4/h5-13H,1-4H3,(H,22,26)(H,23,25). The third kappa shape index (κ3) is 4.47. The predicted octanol–water partition coefficient (Wildman–Crippen LogP) is 4.78. The number of anilines is 2. The number of fused-ring (bicyclic) bond motifs is 1. The normalized spacial score (nSPS) is 11.3. The molecule has 0 bridgehead atoms. The quantitative estimate of drug-likeness (QED) is 0.702. The highest BCUT2D eigenvalue weighted by molar-refractivity contribution is 6.09. The molecule has 140 valence electrons. The van der Waals surface area contributed by atoms with E-state index in [0.717, 1.165) is 16.6 Å². The minimum Gasteiger partial charge on any atom is -0.444 e. The Balaban J connectivity index is 1.76. The first-order valence-electron chi connectivity index (χ1n) is 8.68. The van der Waals surface area contributed by atoms with Crippen molar-refractivity contribution in [3.05, 3.63) is 60.3 Å². The van der Waals surface area contributed by atoms with Crippen LogP contribution < -0.4 is 10.6 Å². The Labute approximate surface area is 158 Å². The zero-order chi connectivity index (χ0) is 19.6. The molecule has 1 heterocycles. The van der Waals surface area contributed by atoms with E-state index in [1.165, 1.54) is 0 Å². The molecule has 0 aliphatic heterocycles. The molecule has 6 nitrogen and oxygen atoms in total. The second-order valence-electron chi connectivity index (χ2n) is 7.33. The second kappa shape index (κ2) is 7.15. The van der Waals surface area contributed by atoms with E-state index in [9.17, 15) is 9.59 Å². The summed E-state index contributed by atoms with van der Waals surface area (Å²) in [5, 5.41) is 6.55. The summed E-state index contributed by atoms with van der Waals surface area (Å²) in [6.45, 7) is 5.38. The van der Waals surface area contributed by atoms with Gasteiger partial charge >= 0.3 is 6.09 Å². The lowest BCUT2D eigenvalue weighted by molar-refractivity contribution is 0.0635. The van der Waals surface area contributed by atoms with Crippen LogP contribution in [0.15, 0.2) is 54.7 Å². The van der Waals surface area contributed by atoms with Crippen molar-refractivity contribution < 1.29 is 14.3 Å². The van der Waals surface area contributed by atoms with E-state index >= 15 is 0 Å². The Bertz CT molecular complexity index is 999. The first-order chi connectivity index (χ1) is 12.7. The van der Waals surface area contributed by atoms with Crippen molar-refractivity contribution in [2.75, 3.05) is 10.6 Å². The van der Waals surface area contributed by atoms with Crippen molar-refractivity contribution in [3.63, 3.8) is 0 Å². The van der Waals surface area contributed by atoms with Crippen LogP contribution in [-0.4, -0.2) is 22.2 Å². The molecule has 0 saturated carbocycles. The Kier molecular flexibility index (Phi) is 4.90. The zero-order valence-corrected chi connectivity index (χ0v) is 15.9. The van der Waals surface area contributed by atoms with Gasteiger partial charge in [-0.1, -0.05) is 12.1 Å². The lowest BCUT2D eigenvalue weighted by Gasteiger charge is -2.19. The van der Waals surface area contributed by atoms with Gasteiger partial charge in [-0.2, -0.15) is 0 Å². The molecule has 0 unspecified atom stereocenters. The van der Waals surface area contributed by atoms with Crippen molar-refractivity contribution in [2.45, 2.75) is 26.4 Å². The first kappa shape index (κ1) is 18.5. The van der Waals surface area contributed by atoms with Gasteiger partial charge in [-0.3, -0.25) is 10.1 Å². The van der Waals surface area contributed by atoms with E-state index < -0.39 is 11.7 Å². The fraction of sp³-hybridized carbons (Fsp3) is 0.238. The van der Waals surface area contributed by atoms with Gasteiger partial charge in [-0.25, -0.2) is 4.79 Å². The van der Waals surface area contributed by atoms with Gasteiger partial charge in [0, 0.05) is 35.4 Å². The van der Waals surface area contributed by atoms with Crippen LogP contribution in [0, 0.1) is 0 Å². The zero-order valence-electron chi connectivity index (χ0n) is 15.9. The molecule has 0 aliphatic carbocycles. The number of carbonyl (C=O) groups is 2. The molecule has 2 amide bonds. The number of aromatic nitrogens is 1. The van der Waals surface area contributed by atoms with Crippen molar-refractivity contribution in [3.8, 4) is 0 Å². The van der Waals surface area contributed by atoms with Crippen molar-refractivity contribution in [2.24, 2.45) is 7.05 Å². The Morgan fingerprint density at radius 3 is 2.48 bits per heavy atom. The van der Waals surface area contributed by atoms with E-state index in [4.69, 9.17) is 4.74 Å². The van der Waals surface area contributed by atoms with Crippen LogP contribution in [0.1, 0.15) is 31.1 Å². The van der Waals surface area contributed by atoms with Gasteiger partial charge in [-0.15, -0.1) is 0 Å². The van der Waals surface area contributed by atoms with E-state index in [1.807, 2.05) is 42.1 Å². The van der Waals surface area contributed by atoms with E-state index in [1.54, 1.807) is 45.0 Å². The fourth-order valence-electron chi connectivity index (χ4n) is 2.77. The Hall–Kier alpha value is -3.28. The highest BCUT2D eigenvalue weighted by Gasteiger charge is 2.17. The van der Waals surface area contributed by atoms with Gasteiger partial charge in [-0.05, 0) is 57.2 Å². The summed E-state index contributed by atoms with van der Waals surface area (Å²) in [6.07, 6.45) is 1.39. The lowest BCUT2D eigenvalue weighted by atomic mass is 10.1. The van der Waals surface area contributed by atoms with Gasteiger partial charge in [0.05, 0.1) is 5.69 Å². The summed E-state index contributed by atoms with van der Waals surface area (Å²) < 4.78 is 7.23. The number of nitrogens with zero attached hydrogens (tertiary/aromatic N) is 1. The maximum atomic E-state index is 12.7. The number of nitrogens with one attached hydrogen (secondary N) is 2. The molecule has 1 aromatic heterocycles. The van der Waals surface area contributed by atoms with Gasteiger partial charge in [0.2, 0.25) is 0 Å². The highest BCUT2D eigenvalue weighted by Crippen LogP contribution is 2.24. The van der Waals surface area contributed by atoms with Gasteiger partial charge in [0.25, 0.3) is 5.91 Å². The molecule has 2 N–H and O–H groups in total. The summed E-state index contributed by atoms with van der Waals surface area (Å²) in [6, 6.07) is 14.5. The summed E-state index contributed by atoms with van der Waals surface area (Å²) in [5.74, 6) is -0.251. The third-order valence-corrected chi connectivity index (χ3v) is 3.95. The molecule has 6 heteroatoms. The highest BCUT2D eigenvalue weighted by atomic mass is 16.6. The number of ether oxygens (including phenoxy) is 1. The van der Waals surface area contributed by atoms with Crippen LogP contribution in [0.5, 0.6) is 0 Å². The van der Waals surface area contributed by atoms with Crippen LogP contribution in [0.2, 0.25) is 0 Å². The van der Waals surface area contributed by atoms with Crippen LogP contribution in [0.25, 0.3) is 10.9 Å².